The van der Waals surface area contributed by atoms with Crippen LogP contribution in [0.3, 0.4) is 0 Å². The van der Waals surface area contributed by atoms with Crippen molar-refractivity contribution < 1.29 is 24.1 Å². The SMILES string of the molecule is COc1ccccc1Oc1c(Cl)nc(-c2ncccn2)nc1OCC(=O)C(C)O. The normalized spacial score (nSPS) is 11.6. The van der Waals surface area contributed by atoms with Gasteiger partial charge in [0.1, 0.15) is 6.10 Å². The maximum Gasteiger partial charge on any atom is 0.263 e. The number of aromatic nitrogens is 4. The van der Waals surface area contributed by atoms with Gasteiger partial charge in [-0.25, -0.2) is 15.0 Å². The topological polar surface area (TPSA) is 117 Å². The van der Waals surface area contributed by atoms with Crippen LogP contribution in [0.1, 0.15) is 6.92 Å². The Morgan fingerprint density at radius 1 is 1.10 bits per heavy atom. The quantitative estimate of drug-likeness (QED) is 0.553. The molecule has 0 aliphatic carbocycles. The minimum Gasteiger partial charge on any atom is -0.493 e. The van der Waals surface area contributed by atoms with Crippen LogP contribution in [0.25, 0.3) is 11.6 Å². The number of carbonyl (C=O) groups excluding carboxylic acids is 1. The Kier molecular flexibility index (Phi) is 6.53. The minimum absolute atomic E-state index is 0.0192. The van der Waals surface area contributed by atoms with Crippen LogP contribution in [0.4, 0.5) is 0 Å². The fourth-order valence-corrected chi connectivity index (χ4v) is 2.37. The molecule has 9 nitrogen and oxygen atoms in total. The molecule has 0 saturated heterocycles. The molecular formula is C19H17ClN4O5. The number of methoxy groups -OCH3 is 1. The lowest BCUT2D eigenvalue weighted by atomic mass is 10.3. The van der Waals surface area contributed by atoms with Gasteiger partial charge in [-0.3, -0.25) is 4.79 Å². The molecule has 3 rings (SSSR count). The van der Waals surface area contributed by atoms with Gasteiger partial charge in [-0.2, -0.15) is 4.98 Å². The molecule has 150 valence electrons. The zero-order valence-corrected chi connectivity index (χ0v) is 16.3. The van der Waals surface area contributed by atoms with Gasteiger partial charge in [0.15, 0.2) is 34.9 Å². The van der Waals surface area contributed by atoms with E-state index in [4.69, 9.17) is 25.8 Å². The summed E-state index contributed by atoms with van der Waals surface area (Å²) in [6.45, 7) is 0.899. The first-order valence-corrected chi connectivity index (χ1v) is 8.86. The van der Waals surface area contributed by atoms with Gasteiger partial charge in [0.05, 0.1) is 7.11 Å². The molecular weight excluding hydrogens is 400 g/mol. The van der Waals surface area contributed by atoms with Crippen LogP contribution in [0.15, 0.2) is 42.7 Å². The van der Waals surface area contributed by atoms with Crippen molar-refractivity contribution in [3.63, 3.8) is 0 Å². The third kappa shape index (κ3) is 4.95. The van der Waals surface area contributed by atoms with E-state index in [9.17, 15) is 9.90 Å². The highest BCUT2D eigenvalue weighted by Gasteiger charge is 2.22. The molecule has 1 atom stereocenters. The molecule has 1 aromatic carbocycles. The molecule has 0 amide bonds. The molecule has 0 aliphatic rings. The van der Waals surface area contributed by atoms with Crippen molar-refractivity contribution in [1.82, 2.24) is 19.9 Å². The minimum atomic E-state index is -1.19. The van der Waals surface area contributed by atoms with Crippen LogP contribution >= 0.6 is 11.6 Å². The standard InChI is InChI=1S/C19H17ClN4O5/c1-11(25)12(26)10-28-19-15(29-14-7-4-3-6-13(14)27-2)16(20)23-18(24-19)17-21-8-5-9-22-17/h3-9,11,25H,10H2,1-2H3. The summed E-state index contributed by atoms with van der Waals surface area (Å²) in [4.78, 5) is 28.4. The van der Waals surface area contributed by atoms with E-state index in [-0.39, 0.29) is 28.4 Å². The van der Waals surface area contributed by atoms with E-state index < -0.39 is 18.5 Å². The maximum atomic E-state index is 11.8. The van der Waals surface area contributed by atoms with Gasteiger partial charge in [0.2, 0.25) is 11.6 Å². The third-order valence-corrected chi connectivity index (χ3v) is 3.91. The number of halogens is 1. The zero-order chi connectivity index (χ0) is 20.8. The largest absolute Gasteiger partial charge is 0.493 e. The molecule has 0 fully saturated rings. The molecule has 2 aromatic heterocycles. The first-order chi connectivity index (χ1) is 14.0. The van der Waals surface area contributed by atoms with Crippen LogP contribution in [0, 0.1) is 0 Å². The van der Waals surface area contributed by atoms with Crippen molar-refractivity contribution in [3.8, 4) is 34.8 Å². The van der Waals surface area contributed by atoms with Gasteiger partial charge < -0.3 is 19.3 Å². The third-order valence-electron chi connectivity index (χ3n) is 3.66. The van der Waals surface area contributed by atoms with Crippen molar-refractivity contribution in [3.05, 3.63) is 47.9 Å². The molecule has 10 heteroatoms. The number of carbonyl (C=O) groups is 1. The van der Waals surface area contributed by atoms with Gasteiger partial charge in [-0.1, -0.05) is 23.7 Å². The number of benzene rings is 1. The van der Waals surface area contributed by atoms with Crippen LogP contribution in [-0.2, 0) is 4.79 Å². The summed E-state index contributed by atoms with van der Waals surface area (Å²) in [5, 5.41) is 9.33. The number of ketones is 1. The van der Waals surface area contributed by atoms with Crippen molar-refractivity contribution in [2.75, 3.05) is 13.7 Å². The highest BCUT2D eigenvalue weighted by atomic mass is 35.5. The lowest BCUT2D eigenvalue weighted by Gasteiger charge is -2.15. The lowest BCUT2D eigenvalue weighted by molar-refractivity contribution is -0.128. The van der Waals surface area contributed by atoms with E-state index in [0.29, 0.717) is 11.5 Å². The fraction of sp³-hybridized carbons (Fsp3) is 0.211. The molecule has 1 unspecified atom stereocenters. The van der Waals surface area contributed by atoms with E-state index in [2.05, 4.69) is 19.9 Å². The Hall–Kier alpha value is -3.30. The Labute approximate surface area is 171 Å². The predicted octanol–water partition coefficient (Wildman–Crippen LogP) is 2.72. The number of rotatable bonds is 8. The van der Waals surface area contributed by atoms with Crippen molar-refractivity contribution in [1.29, 1.82) is 0 Å². The Balaban J connectivity index is 2.02. The molecule has 0 aliphatic heterocycles. The second-order valence-electron chi connectivity index (χ2n) is 5.73. The average Bonchev–Trinajstić information content (AvgIpc) is 2.74. The first kappa shape index (κ1) is 20.4. The number of Topliss-reactive ketones (excluding diaryl/α,β-unsaturated/α-hetero) is 1. The number of hydrogen-bond acceptors (Lipinski definition) is 9. The van der Waals surface area contributed by atoms with Crippen LogP contribution in [0.5, 0.6) is 23.1 Å². The van der Waals surface area contributed by atoms with Crippen LogP contribution in [0.2, 0.25) is 5.15 Å². The van der Waals surface area contributed by atoms with Crippen molar-refractivity contribution in [2.45, 2.75) is 13.0 Å². The number of aliphatic hydroxyl groups is 1. The Morgan fingerprint density at radius 3 is 2.45 bits per heavy atom. The summed E-state index contributed by atoms with van der Waals surface area (Å²) in [5.74, 6) is 0.426. The highest BCUT2D eigenvalue weighted by molar-refractivity contribution is 6.31. The zero-order valence-electron chi connectivity index (χ0n) is 15.6. The second-order valence-corrected chi connectivity index (χ2v) is 6.09. The number of hydrogen-bond donors (Lipinski definition) is 1. The van der Waals surface area contributed by atoms with E-state index in [0.717, 1.165) is 0 Å². The van der Waals surface area contributed by atoms with E-state index >= 15 is 0 Å². The second kappa shape index (κ2) is 9.26. The van der Waals surface area contributed by atoms with Gasteiger partial charge in [-0.15, -0.1) is 0 Å². The summed E-state index contributed by atoms with van der Waals surface area (Å²) in [5.41, 5.74) is 0. The van der Waals surface area contributed by atoms with Crippen LogP contribution in [-0.4, -0.2) is 50.6 Å². The average molecular weight is 417 g/mol. The molecule has 29 heavy (non-hydrogen) atoms. The maximum absolute atomic E-state index is 11.8. The highest BCUT2D eigenvalue weighted by Crippen LogP contribution is 2.40. The van der Waals surface area contributed by atoms with Gasteiger partial charge >= 0.3 is 0 Å². The molecule has 0 bridgehead atoms. The van der Waals surface area contributed by atoms with E-state index in [1.807, 2.05) is 0 Å². The monoisotopic (exact) mass is 416 g/mol. The number of aliphatic hydroxyl groups excluding tert-OH is 1. The van der Waals surface area contributed by atoms with E-state index in [1.165, 1.54) is 26.4 Å². The molecule has 0 saturated carbocycles. The fourth-order valence-electron chi connectivity index (χ4n) is 2.18. The predicted molar refractivity (Wildman–Crippen MR) is 103 cm³/mol. The van der Waals surface area contributed by atoms with Crippen molar-refractivity contribution >= 4 is 17.4 Å². The molecule has 0 spiro atoms. The number of nitrogens with zero attached hydrogens (tertiary/aromatic N) is 4. The van der Waals surface area contributed by atoms with Crippen LogP contribution < -0.4 is 14.2 Å². The Morgan fingerprint density at radius 2 is 1.79 bits per heavy atom. The summed E-state index contributed by atoms with van der Waals surface area (Å²) in [7, 11) is 1.49. The van der Waals surface area contributed by atoms with Gasteiger partial charge in [0, 0.05) is 12.4 Å². The smallest absolute Gasteiger partial charge is 0.263 e. The summed E-state index contributed by atoms with van der Waals surface area (Å²) >= 11 is 6.32. The summed E-state index contributed by atoms with van der Waals surface area (Å²) < 4.78 is 16.6. The summed E-state index contributed by atoms with van der Waals surface area (Å²) in [6, 6.07) is 8.53. The Bertz CT molecular complexity index is 1000. The molecule has 3 aromatic rings. The number of para-hydroxylation sites is 2. The lowest BCUT2D eigenvalue weighted by Crippen LogP contribution is -2.23. The molecule has 0 radical (unpaired) electrons. The number of ether oxygens (including phenoxy) is 3. The summed E-state index contributed by atoms with van der Waals surface area (Å²) in [6.07, 6.45) is 1.86. The molecule has 2 heterocycles. The van der Waals surface area contributed by atoms with Gasteiger partial charge in [-0.05, 0) is 25.1 Å². The van der Waals surface area contributed by atoms with E-state index in [1.54, 1.807) is 30.3 Å². The van der Waals surface area contributed by atoms with Crippen molar-refractivity contribution in [2.24, 2.45) is 0 Å². The first-order valence-electron chi connectivity index (χ1n) is 8.49. The van der Waals surface area contributed by atoms with Gasteiger partial charge in [0.25, 0.3) is 5.88 Å². The molecule has 1 N–H and O–H groups in total.